The predicted octanol–water partition coefficient (Wildman–Crippen LogP) is 2.91. The van der Waals surface area contributed by atoms with Crippen LogP contribution in [0.5, 0.6) is 0 Å². The number of morpholine rings is 1. The van der Waals surface area contributed by atoms with Crippen molar-refractivity contribution in [3.05, 3.63) is 41.1 Å². The third-order valence-corrected chi connectivity index (χ3v) is 5.58. The Morgan fingerprint density at radius 3 is 2.68 bits per heavy atom. The maximum Gasteiger partial charge on any atom is 0.339 e. The van der Waals surface area contributed by atoms with Crippen LogP contribution < -0.4 is 0 Å². The van der Waals surface area contributed by atoms with Gasteiger partial charge in [-0.3, -0.25) is 9.78 Å². The molecule has 148 valence electrons. The summed E-state index contributed by atoms with van der Waals surface area (Å²) in [5, 5.41) is 0.805. The number of hydrogen-bond acceptors (Lipinski definition) is 5. The first-order valence-electron chi connectivity index (χ1n) is 10.1. The Morgan fingerprint density at radius 2 is 1.86 bits per heavy atom. The predicted molar refractivity (Wildman–Crippen MR) is 105 cm³/mol. The molecule has 1 saturated heterocycles. The highest BCUT2D eigenvalue weighted by Gasteiger charge is 2.28. The summed E-state index contributed by atoms with van der Waals surface area (Å²) in [6.07, 6.45) is 4.13. The molecule has 1 amide bonds. The number of benzene rings is 1. The van der Waals surface area contributed by atoms with E-state index in [-0.39, 0.29) is 5.91 Å². The summed E-state index contributed by atoms with van der Waals surface area (Å²) in [6.45, 7) is 3.77. The minimum Gasteiger partial charge on any atom is -0.449 e. The third kappa shape index (κ3) is 3.74. The van der Waals surface area contributed by atoms with E-state index < -0.39 is 12.1 Å². The minimum atomic E-state index is -0.820. The van der Waals surface area contributed by atoms with Crippen molar-refractivity contribution in [2.75, 3.05) is 26.3 Å². The zero-order valence-electron chi connectivity index (χ0n) is 16.3. The van der Waals surface area contributed by atoms with Crippen LogP contribution in [0.15, 0.2) is 24.3 Å². The number of hydrogen-bond donors (Lipinski definition) is 0. The SMILES string of the molecule is CC(OC(=O)c1c2c(nc3ccccc13)CCCCC2)C(=O)N1CCOCC1. The van der Waals surface area contributed by atoms with Gasteiger partial charge in [-0.2, -0.15) is 0 Å². The molecule has 6 nitrogen and oxygen atoms in total. The zero-order valence-corrected chi connectivity index (χ0v) is 16.3. The molecule has 1 unspecified atom stereocenters. The highest BCUT2D eigenvalue weighted by molar-refractivity contribution is 6.05. The van der Waals surface area contributed by atoms with E-state index >= 15 is 0 Å². The molecule has 6 heteroatoms. The summed E-state index contributed by atoms with van der Waals surface area (Å²) in [7, 11) is 0. The standard InChI is InChI=1S/C22H26N2O4/c1-15(21(25)24-11-13-27-14-12-24)28-22(26)20-16-7-3-2-4-9-18(16)23-19-10-6-5-8-17(19)20/h5-6,8,10,15H,2-4,7,9,11-14H2,1H3. The molecule has 1 fully saturated rings. The molecule has 2 heterocycles. The van der Waals surface area contributed by atoms with Gasteiger partial charge in [-0.1, -0.05) is 24.6 Å². The first-order chi connectivity index (χ1) is 13.6. The zero-order chi connectivity index (χ0) is 19.5. The van der Waals surface area contributed by atoms with Gasteiger partial charge in [-0.15, -0.1) is 0 Å². The van der Waals surface area contributed by atoms with Gasteiger partial charge in [0.1, 0.15) is 0 Å². The van der Waals surface area contributed by atoms with Gasteiger partial charge in [0.05, 0.1) is 24.3 Å². The molecule has 0 saturated carbocycles. The molecule has 1 aromatic carbocycles. The number of carbonyl (C=O) groups excluding carboxylic acids is 2. The average molecular weight is 382 g/mol. The van der Waals surface area contributed by atoms with Crippen LogP contribution in [0.2, 0.25) is 0 Å². The maximum absolute atomic E-state index is 13.2. The Labute approximate surface area is 164 Å². The molecule has 0 N–H and O–H groups in total. The van der Waals surface area contributed by atoms with Gasteiger partial charge in [-0.25, -0.2) is 4.79 Å². The number of pyridine rings is 1. The maximum atomic E-state index is 13.2. The number of aryl methyl sites for hydroxylation is 1. The molecule has 1 aliphatic heterocycles. The van der Waals surface area contributed by atoms with Crippen molar-refractivity contribution in [3.8, 4) is 0 Å². The summed E-state index contributed by atoms with van der Waals surface area (Å²) in [5.41, 5.74) is 3.38. The van der Waals surface area contributed by atoms with Crippen LogP contribution in [0.1, 0.15) is 47.8 Å². The molecule has 4 rings (SSSR count). The number of para-hydroxylation sites is 1. The first-order valence-corrected chi connectivity index (χ1v) is 10.1. The van der Waals surface area contributed by atoms with Crippen LogP contribution in [0.3, 0.4) is 0 Å². The number of esters is 1. The van der Waals surface area contributed by atoms with Crippen molar-refractivity contribution < 1.29 is 19.1 Å². The van der Waals surface area contributed by atoms with Crippen LogP contribution >= 0.6 is 0 Å². The van der Waals surface area contributed by atoms with Gasteiger partial charge < -0.3 is 14.4 Å². The molecule has 1 aromatic heterocycles. The van der Waals surface area contributed by atoms with Gasteiger partial charge in [0.2, 0.25) is 0 Å². The number of carbonyl (C=O) groups is 2. The second-order valence-electron chi connectivity index (χ2n) is 7.48. The Bertz CT molecular complexity index is 889. The lowest BCUT2D eigenvalue weighted by molar-refractivity contribution is -0.143. The van der Waals surface area contributed by atoms with Gasteiger partial charge in [-0.05, 0) is 44.2 Å². The molecular weight excluding hydrogens is 356 g/mol. The monoisotopic (exact) mass is 382 g/mol. The van der Waals surface area contributed by atoms with Crippen molar-refractivity contribution >= 4 is 22.8 Å². The van der Waals surface area contributed by atoms with Crippen LogP contribution in [0.25, 0.3) is 10.9 Å². The second kappa shape index (κ2) is 8.27. The van der Waals surface area contributed by atoms with Crippen molar-refractivity contribution in [2.45, 2.75) is 45.1 Å². The molecule has 1 atom stereocenters. The lowest BCUT2D eigenvalue weighted by Crippen LogP contribution is -2.46. The fourth-order valence-corrected chi connectivity index (χ4v) is 4.09. The van der Waals surface area contributed by atoms with E-state index in [1.165, 1.54) is 0 Å². The van der Waals surface area contributed by atoms with E-state index in [0.29, 0.717) is 31.9 Å². The highest BCUT2D eigenvalue weighted by atomic mass is 16.5. The van der Waals surface area contributed by atoms with E-state index in [4.69, 9.17) is 14.5 Å². The third-order valence-electron chi connectivity index (χ3n) is 5.58. The van der Waals surface area contributed by atoms with Crippen LogP contribution in [0.4, 0.5) is 0 Å². The molecule has 2 aromatic rings. The molecule has 0 bridgehead atoms. The average Bonchev–Trinajstić information content (AvgIpc) is 2.97. The van der Waals surface area contributed by atoms with Crippen molar-refractivity contribution in [1.29, 1.82) is 0 Å². The Morgan fingerprint density at radius 1 is 1.11 bits per heavy atom. The van der Waals surface area contributed by atoms with E-state index in [9.17, 15) is 9.59 Å². The summed E-state index contributed by atoms with van der Waals surface area (Å²) >= 11 is 0. The first kappa shape index (κ1) is 18.9. The van der Waals surface area contributed by atoms with Gasteiger partial charge in [0.25, 0.3) is 5.91 Å². The molecular formula is C22H26N2O4. The van der Waals surface area contributed by atoms with Crippen molar-refractivity contribution in [1.82, 2.24) is 9.88 Å². The quantitative estimate of drug-likeness (QED) is 0.603. The van der Waals surface area contributed by atoms with Crippen molar-refractivity contribution in [3.63, 3.8) is 0 Å². The van der Waals surface area contributed by atoms with Crippen LogP contribution in [-0.4, -0.2) is 54.2 Å². The summed E-state index contributed by atoms with van der Waals surface area (Å²) in [6, 6.07) is 7.68. The number of aromatic nitrogens is 1. The lowest BCUT2D eigenvalue weighted by atomic mass is 9.97. The van der Waals surface area contributed by atoms with Crippen LogP contribution in [-0.2, 0) is 27.1 Å². The van der Waals surface area contributed by atoms with Gasteiger partial charge in [0.15, 0.2) is 6.10 Å². The molecule has 2 aliphatic rings. The number of nitrogens with zero attached hydrogens (tertiary/aromatic N) is 2. The van der Waals surface area contributed by atoms with Gasteiger partial charge >= 0.3 is 5.97 Å². The van der Waals surface area contributed by atoms with E-state index in [0.717, 1.165) is 54.3 Å². The van der Waals surface area contributed by atoms with E-state index in [1.54, 1.807) is 11.8 Å². The molecule has 1 aliphatic carbocycles. The highest BCUT2D eigenvalue weighted by Crippen LogP contribution is 2.29. The Kier molecular flexibility index (Phi) is 5.57. The number of rotatable bonds is 3. The largest absolute Gasteiger partial charge is 0.449 e. The lowest BCUT2D eigenvalue weighted by Gasteiger charge is -2.29. The molecule has 28 heavy (non-hydrogen) atoms. The fourth-order valence-electron chi connectivity index (χ4n) is 4.09. The number of amides is 1. The molecule has 0 radical (unpaired) electrons. The topological polar surface area (TPSA) is 68.7 Å². The van der Waals surface area contributed by atoms with Crippen molar-refractivity contribution in [2.24, 2.45) is 0 Å². The summed E-state index contributed by atoms with van der Waals surface area (Å²) < 4.78 is 11.0. The summed E-state index contributed by atoms with van der Waals surface area (Å²) in [5.74, 6) is -0.591. The smallest absolute Gasteiger partial charge is 0.339 e. The van der Waals surface area contributed by atoms with E-state index in [2.05, 4.69) is 0 Å². The molecule has 0 spiro atoms. The Balaban J connectivity index is 1.64. The number of fused-ring (bicyclic) bond motifs is 2. The van der Waals surface area contributed by atoms with Gasteiger partial charge in [0, 0.05) is 24.2 Å². The normalized spacial score (nSPS) is 18.2. The minimum absolute atomic E-state index is 0.166. The number of ether oxygens (including phenoxy) is 2. The van der Waals surface area contributed by atoms with Crippen LogP contribution in [0, 0.1) is 0 Å². The van der Waals surface area contributed by atoms with E-state index in [1.807, 2.05) is 24.3 Å². The second-order valence-corrected chi connectivity index (χ2v) is 7.48. The Hall–Kier alpha value is -2.47. The summed E-state index contributed by atoms with van der Waals surface area (Å²) in [4.78, 5) is 32.4. The fraction of sp³-hybridized carbons (Fsp3) is 0.500.